The first-order chi connectivity index (χ1) is 11.1. The van der Waals surface area contributed by atoms with Gasteiger partial charge in [-0.25, -0.2) is 13.2 Å². The van der Waals surface area contributed by atoms with Crippen molar-refractivity contribution >= 4 is 16.0 Å². The predicted octanol–water partition coefficient (Wildman–Crippen LogP) is 3.54. The Morgan fingerprint density at radius 2 is 1.38 bits per heavy atom. The quantitative estimate of drug-likeness (QED) is 0.673. The van der Waals surface area contributed by atoms with Gasteiger partial charge in [0, 0.05) is 0 Å². The molecule has 0 saturated carbocycles. The lowest BCUT2D eigenvalue weighted by Gasteiger charge is -2.18. The Morgan fingerprint density at radius 1 is 0.917 bits per heavy atom. The molecular weight excluding hydrogens is 332 g/mol. The monoisotopic (exact) mass is 350 g/mol. The number of hydrogen-bond donors (Lipinski definition) is 1. The van der Waals surface area contributed by atoms with Crippen LogP contribution in [0.2, 0.25) is 0 Å². The van der Waals surface area contributed by atoms with E-state index in [0.29, 0.717) is 0 Å². The Labute approximate surface area is 140 Å². The number of rotatable bonds is 3. The van der Waals surface area contributed by atoms with Crippen molar-refractivity contribution in [1.29, 1.82) is 0 Å². The van der Waals surface area contributed by atoms with E-state index in [1.807, 2.05) is 0 Å². The number of carbonyl (C=O) groups is 1. The first kappa shape index (κ1) is 17.8. The summed E-state index contributed by atoms with van der Waals surface area (Å²) in [6.45, 7) is 5.13. The van der Waals surface area contributed by atoms with Crippen LogP contribution in [0.15, 0.2) is 58.3 Å². The van der Waals surface area contributed by atoms with Gasteiger partial charge in [-0.3, -0.25) is 0 Å². The summed E-state index contributed by atoms with van der Waals surface area (Å²) in [7, 11) is -3.71. The van der Waals surface area contributed by atoms with Gasteiger partial charge in [0.1, 0.15) is 17.1 Å². The van der Waals surface area contributed by atoms with Crippen molar-refractivity contribution in [3.05, 3.63) is 48.5 Å². The molecule has 0 bridgehead atoms. The van der Waals surface area contributed by atoms with Gasteiger partial charge in [-0.1, -0.05) is 0 Å². The van der Waals surface area contributed by atoms with Gasteiger partial charge in [-0.05, 0) is 69.3 Å². The molecule has 2 aromatic carbocycles. The topological polar surface area (TPSA) is 89.9 Å². The van der Waals surface area contributed by atoms with E-state index in [9.17, 15) is 18.3 Å². The molecule has 0 aliphatic rings. The third-order valence-corrected chi connectivity index (χ3v) is 4.66. The molecule has 1 N–H and O–H groups in total. The third-order valence-electron chi connectivity index (χ3n) is 2.87. The maximum Gasteiger partial charge on any atom is 0.514 e. The minimum Gasteiger partial charge on any atom is -0.508 e. The Hall–Kier alpha value is -2.54. The van der Waals surface area contributed by atoms with Crippen molar-refractivity contribution in [2.75, 3.05) is 0 Å². The average Bonchev–Trinajstić information content (AvgIpc) is 2.46. The van der Waals surface area contributed by atoms with Gasteiger partial charge >= 0.3 is 6.16 Å². The van der Waals surface area contributed by atoms with Crippen molar-refractivity contribution in [2.24, 2.45) is 0 Å². The molecule has 128 valence electrons. The predicted molar refractivity (Wildman–Crippen MR) is 86.9 cm³/mol. The number of ether oxygens (including phenoxy) is 2. The standard InChI is InChI=1S/C17H18O6S/c1-17(2,3)23-16(19)22-13-6-10-15(11-7-13)24(20,21)14-8-4-12(18)5-9-14/h4-11,18H,1-3H3. The largest absolute Gasteiger partial charge is 0.514 e. The maximum absolute atomic E-state index is 12.5. The number of phenols is 1. The molecule has 0 amide bonds. The minimum absolute atomic E-state index is 0.0185. The summed E-state index contributed by atoms with van der Waals surface area (Å²) >= 11 is 0. The highest BCUT2D eigenvalue weighted by molar-refractivity contribution is 7.91. The average molecular weight is 350 g/mol. The lowest BCUT2D eigenvalue weighted by Crippen LogP contribution is -2.25. The molecule has 24 heavy (non-hydrogen) atoms. The Morgan fingerprint density at radius 3 is 1.83 bits per heavy atom. The van der Waals surface area contributed by atoms with Crippen molar-refractivity contribution in [1.82, 2.24) is 0 Å². The molecule has 6 nitrogen and oxygen atoms in total. The second kappa shape index (κ2) is 6.52. The molecule has 0 atom stereocenters. The number of carbonyl (C=O) groups excluding carboxylic acids is 1. The van der Waals surface area contributed by atoms with E-state index >= 15 is 0 Å². The van der Waals surface area contributed by atoms with Crippen molar-refractivity contribution < 1.29 is 27.8 Å². The molecular formula is C17H18O6S. The second-order valence-electron chi connectivity index (χ2n) is 6.04. The fraction of sp³-hybridized carbons (Fsp3) is 0.235. The lowest BCUT2D eigenvalue weighted by atomic mass is 10.2. The molecule has 0 saturated heterocycles. The van der Waals surface area contributed by atoms with Crippen molar-refractivity contribution in [2.45, 2.75) is 36.2 Å². The van der Waals surface area contributed by atoms with Gasteiger partial charge in [-0.2, -0.15) is 0 Å². The molecule has 0 fully saturated rings. The molecule has 0 heterocycles. The Balaban J connectivity index is 2.17. The van der Waals surface area contributed by atoms with E-state index in [-0.39, 0.29) is 21.3 Å². The number of hydrogen-bond acceptors (Lipinski definition) is 6. The summed E-state index contributed by atoms with van der Waals surface area (Å²) in [5.41, 5.74) is -0.681. The van der Waals surface area contributed by atoms with Crippen LogP contribution in [0.4, 0.5) is 4.79 Å². The van der Waals surface area contributed by atoms with Crippen LogP contribution < -0.4 is 4.74 Å². The van der Waals surface area contributed by atoms with Crippen LogP contribution in [0, 0.1) is 0 Å². The van der Waals surface area contributed by atoms with Gasteiger partial charge < -0.3 is 14.6 Å². The number of benzene rings is 2. The zero-order chi connectivity index (χ0) is 18.0. The molecule has 0 radical (unpaired) electrons. The van der Waals surface area contributed by atoms with Gasteiger partial charge in [0.25, 0.3) is 0 Å². The number of aromatic hydroxyl groups is 1. The SMILES string of the molecule is CC(C)(C)OC(=O)Oc1ccc(S(=O)(=O)c2ccc(O)cc2)cc1. The van der Waals surface area contributed by atoms with Gasteiger partial charge in [-0.15, -0.1) is 0 Å². The van der Waals surface area contributed by atoms with E-state index in [4.69, 9.17) is 9.47 Å². The molecule has 0 aliphatic carbocycles. The highest BCUT2D eigenvalue weighted by Crippen LogP contribution is 2.24. The van der Waals surface area contributed by atoms with E-state index in [0.717, 1.165) is 0 Å². The minimum atomic E-state index is -3.71. The summed E-state index contributed by atoms with van der Waals surface area (Å²) in [5, 5.41) is 9.24. The zero-order valence-corrected chi connectivity index (χ0v) is 14.3. The van der Waals surface area contributed by atoms with Crippen LogP contribution in [0.5, 0.6) is 11.5 Å². The first-order valence-electron chi connectivity index (χ1n) is 7.13. The summed E-state index contributed by atoms with van der Waals surface area (Å²) < 4.78 is 34.9. The van der Waals surface area contributed by atoms with Crippen LogP contribution >= 0.6 is 0 Å². The Kier molecular flexibility index (Phi) is 4.84. The van der Waals surface area contributed by atoms with Crippen molar-refractivity contribution in [3.8, 4) is 11.5 Å². The molecule has 0 unspecified atom stereocenters. The normalized spacial score (nSPS) is 11.8. The smallest absolute Gasteiger partial charge is 0.508 e. The van der Waals surface area contributed by atoms with Gasteiger partial charge in [0.15, 0.2) is 0 Å². The van der Waals surface area contributed by atoms with Crippen LogP contribution in [-0.2, 0) is 14.6 Å². The second-order valence-corrected chi connectivity index (χ2v) is 7.98. The summed E-state index contributed by atoms with van der Waals surface area (Å²) in [6.07, 6.45) is -0.864. The molecule has 7 heteroatoms. The fourth-order valence-corrected chi connectivity index (χ4v) is 3.08. The molecule has 0 spiro atoms. The van der Waals surface area contributed by atoms with Crippen LogP contribution in [0.3, 0.4) is 0 Å². The Bertz CT molecular complexity index is 815. The molecule has 2 rings (SSSR count). The van der Waals surface area contributed by atoms with Crippen LogP contribution in [0.25, 0.3) is 0 Å². The maximum atomic E-state index is 12.5. The van der Waals surface area contributed by atoms with E-state index in [1.54, 1.807) is 20.8 Å². The van der Waals surface area contributed by atoms with E-state index in [1.165, 1.54) is 48.5 Å². The van der Waals surface area contributed by atoms with Gasteiger partial charge in [0.2, 0.25) is 9.84 Å². The fourth-order valence-electron chi connectivity index (χ4n) is 1.82. The van der Waals surface area contributed by atoms with Gasteiger partial charge in [0.05, 0.1) is 9.79 Å². The molecule has 0 aliphatic heterocycles. The summed E-state index contributed by atoms with van der Waals surface area (Å²) in [6, 6.07) is 10.6. The molecule has 2 aromatic rings. The summed E-state index contributed by atoms with van der Waals surface area (Å²) in [4.78, 5) is 11.7. The van der Waals surface area contributed by atoms with E-state index < -0.39 is 21.6 Å². The number of sulfone groups is 1. The van der Waals surface area contributed by atoms with Crippen molar-refractivity contribution in [3.63, 3.8) is 0 Å². The molecule has 0 aromatic heterocycles. The summed E-state index contributed by atoms with van der Waals surface area (Å²) in [5.74, 6) is 0.156. The lowest BCUT2D eigenvalue weighted by molar-refractivity contribution is 0.0206. The highest BCUT2D eigenvalue weighted by Gasteiger charge is 2.20. The van der Waals surface area contributed by atoms with Crippen LogP contribution in [-0.4, -0.2) is 25.3 Å². The zero-order valence-electron chi connectivity index (χ0n) is 13.5. The highest BCUT2D eigenvalue weighted by atomic mass is 32.2. The first-order valence-corrected chi connectivity index (χ1v) is 8.61. The van der Waals surface area contributed by atoms with E-state index in [2.05, 4.69) is 0 Å². The number of phenolic OH excluding ortho intramolecular Hbond substituents is 1. The van der Waals surface area contributed by atoms with Crippen LogP contribution in [0.1, 0.15) is 20.8 Å². The third kappa shape index (κ3) is 4.48.